The number of nitrogens with one attached hydrogen (secondary N) is 2. The number of methoxy groups -OCH3 is 2. The summed E-state index contributed by atoms with van der Waals surface area (Å²) >= 11 is 0. The van der Waals surface area contributed by atoms with Crippen molar-refractivity contribution in [3.8, 4) is 5.75 Å². The summed E-state index contributed by atoms with van der Waals surface area (Å²) < 4.78 is 11.8. The molecular formula is C17H23N5O3. The lowest BCUT2D eigenvalue weighted by Gasteiger charge is -2.13. The second-order valence-electron chi connectivity index (χ2n) is 5.25. The number of ether oxygens (including phenoxy) is 2. The minimum absolute atomic E-state index is 0.391. The largest absolute Gasteiger partial charge is 0.496 e. The molecule has 0 saturated carbocycles. The lowest BCUT2D eigenvalue weighted by Crippen LogP contribution is -2.36. The normalized spacial score (nSPS) is 11.1. The third-order valence-electron chi connectivity index (χ3n) is 3.71. The molecule has 0 radical (unpaired) electrons. The Labute approximate surface area is 146 Å². The summed E-state index contributed by atoms with van der Waals surface area (Å²) in [6, 6.07) is 7.31. The summed E-state index contributed by atoms with van der Waals surface area (Å²) in [4.78, 5) is 16.0. The van der Waals surface area contributed by atoms with Crippen LogP contribution >= 0.6 is 0 Å². The molecule has 8 heteroatoms. The van der Waals surface area contributed by atoms with E-state index >= 15 is 0 Å². The monoisotopic (exact) mass is 345 g/mol. The van der Waals surface area contributed by atoms with Crippen LogP contribution in [0.5, 0.6) is 5.75 Å². The van der Waals surface area contributed by atoms with Crippen molar-refractivity contribution in [3.63, 3.8) is 0 Å². The molecule has 25 heavy (non-hydrogen) atoms. The van der Waals surface area contributed by atoms with Crippen molar-refractivity contribution in [2.45, 2.75) is 13.1 Å². The molecule has 0 aliphatic carbocycles. The Hall–Kier alpha value is -3.03. The Morgan fingerprint density at radius 1 is 1.24 bits per heavy atom. The van der Waals surface area contributed by atoms with Crippen LogP contribution in [0.25, 0.3) is 0 Å². The molecule has 0 aliphatic rings. The van der Waals surface area contributed by atoms with Crippen molar-refractivity contribution in [1.29, 1.82) is 0 Å². The van der Waals surface area contributed by atoms with Crippen molar-refractivity contribution in [2.75, 3.05) is 21.3 Å². The standard InChI is InChI=1S/C17H23N5O3/c1-18-17(20-11-13-7-8-21-22(13)2)19-10-12-5-6-15(24-3)14(9-12)16(23)25-4/h5-9H,10-11H2,1-4H3,(H2,18,19,20). The van der Waals surface area contributed by atoms with Gasteiger partial charge in [-0.3, -0.25) is 9.67 Å². The molecule has 0 bridgehead atoms. The summed E-state index contributed by atoms with van der Waals surface area (Å²) in [5.74, 6) is 0.698. The van der Waals surface area contributed by atoms with Gasteiger partial charge in [0, 0.05) is 26.8 Å². The molecule has 0 amide bonds. The van der Waals surface area contributed by atoms with Gasteiger partial charge in [-0.25, -0.2) is 4.79 Å². The van der Waals surface area contributed by atoms with Crippen LogP contribution in [0.15, 0.2) is 35.5 Å². The summed E-state index contributed by atoms with van der Waals surface area (Å²) in [5, 5.41) is 10.5. The van der Waals surface area contributed by atoms with Crippen molar-refractivity contribution in [1.82, 2.24) is 20.4 Å². The molecule has 1 heterocycles. The van der Waals surface area contributed by atoms with E-state index in [1.54, 1.807) is 30.1 Å². The summed E-state index contributed by atoms with van der Waals surface area (Å²) in [5.41, 5.74) is 2.34. The van der Waals surface area contributed by atoms with Gasteiger partial charge >= 0.3 is 5.97 Å². The van der Waals surface area contributed by atoms with E-state index in [1.807, 2.05) is 19.2 Å². The highest BCUT2D eigenvalue weighted by molar-refractivity contribution is 5.92. The molecule has 0 atom stereocenters. The minimum atomic E-state index is -0.433. The molecule has 2 rings (SSSR count). The molecule has 0 aliphatic heterocycles. The molecule has 2 N–H and O–H groups in total. The van der Waals surface area contributed by atoms with Gasteiger partial charge < -0.3 is 20.1 Å². The van der Waals surface area contributed by atoms with Crippen LogP contribution < -0.4 is 15.4 Å². The summed E-state index contributed by atoms with van der Waals surface area (Å²) in [7, 11) is 6.45. The Kier molecular flexibility index (Phi) is 6.39. The van der Waals surface area contributed by atoms with E-state index in [-0.39, 0.29) is 0 Å². The maximum absolute atomic E-state index is 11.8. The maximum atomic E-state index is 11.8. The lowest BCUT2D eigenvalue weighted by atomic mass is 10.1. The Morgan fingerprint density at radius 3 is 2.60 bits per heavy atom. The van der Waals surface area contributed by atoms with Crippen LogP contribution in [0, 0.1) is 0 Å². The fraction of sp³-hybridized carbons (Fsp3) is 0.353. The summed E-state index contributed by atoms with van der Waals surface area (Å²) in [6.45, 7) is 1.10. The number of esters is 1. The first-order valence-corrected chi connectivity index (χ1v) is 7.75. The maximum Gasteiger partial charge on any atom is 0.341 e. The number of rotatable bonds is 6. The van der Waals surface area contributed by atoms with Crippen LogP contribution in [0.1, 0.15) is 21.6 Å². The zero-order valence-electron chi connectivity index (χ0n) is 14.9. The highest BCUT2D eigenvalue weighted by Gasteiger charge is 2.13. The van der Waals surface area contributed by atoms with Gasteiger partial charge in [-0.15, -0.1) is 0 Å². The van der Waals surface area contributed by atoms with Gasteiger partial charge in [-0.2, -0.15) is 5.10 Å². The fourth-order valence-corrected chi connectivity index (χ4v) is 2.29. The van der Waals surface area contributed by atoms with Crippen molar-refractivity contribution < 1.29 is 14.3 Å². The van der Waals surface area contributed by atoms with E-state index < -0.39 is 5.97 Å². The molecule has 0 spiro atoms. The predicted molar refractivity (Wildman–Crippen MR) is 94.6 cm³/mol. The SMILES string of the molecule is CN=C(NCc1ccc(OC)c(C(=O)OC)c1)NCc1ccnn1C. The van der Waals surface area contributed by atoms with Gasteiger partial charge in [0.05, 0.1) is 26.5 Å². The zero-order chi connectivity index (χ0) is 18.2. The zero-order valence-corrected chi connectivity index (χ0v) is 14.9. The molecule has 0 unspecified atom stereocenters. The molecule has 1 aromatic heterocycles. The third kappa shape index (κ3) is 4.72. The van der Waals surface area contributed by atoms with E-state index in [4.69, 9.17) is 9.47 Å². The van der Waals surface area contributed by atoms with Crippen LogP contribution in [0.3, 0.4) is 0 Å². The van der Waals surface area contributed by atoms with Gasteiger partial charge in [0.2, 0.25) is 0 Å². The first-order valence-electron chi connectivity index (χ1n) is 7.75. The van der Waals surface area contributed by atoms with E-state index in [2.05, 4.69) is 20.7 Å². The lowest BCUT2D eigenvalue weighted by molar-refractivity contribution is 0.0597. The van der Waals surface area contributed by atoms with Crippen LogP contribution in [0.2, 0.25) is 0 Å². The van der Waals surface area contributed by atoms with Crippen molar-refractivity contribution >= 4 is 11.9 Å². The van der Waals surface area contributed by atoms with Gasteiger partial charge in [0.25, 0.3) is 0 Å². The highest BCUT2D eigenvalue weighted by Crippen LogP contribution is 2.20. The van der Waals surface area contributed by atoms with Gasteiger partial charge in [0.15, 0.2) is 5.96 Å². The molecule has 134 valence electrons. The van der Waals surface area contributed by atoms with Crippen LogP contribution in [-0.4, -0.2) is 43.0 Å². The average Bonchev–Trinajstić information content (AvgIpc) is 3.05. The van der Waals surface area contributed by atoms with Crippen molar-refractivity contribution in [3.05, 3.63) is 47.3 Å². The van der Waals surface area contributed by atoms with E-state index in [0.29, 0.717) is 30.4 Å². The number of hydrogen-bond acceptors (Lipinski definition) is 5. The average molecular weight is 345 g/mol. The summed E-state index contributed by atoms with van der Waals surface area (Å²) in [6.07, 6.45) is 1.75. The van der Waals surface area contributed by atoms with Gasteiger partial charge in [0.1, 0.15) is 11.3 Å². The predicted octanol–water partition coefficient (Wildman–Crippen LogP) is 1.08. The molecule has 0 saturated heterocycles. The Bertz CT molecular complexity index is 754. The Balaban J connectivity index is 1.99. The number of aryl methyl sites for hydroxylation is 1. The first-order chi connectivity index (χ1) is 12.1. The third-order valence-corrected chi connectivity index (χ3v) is 3.71. The van der Waals surface area contributed by atoms with E-state index in [0.717, 1.165) is 11.3 Å². The number of benzene rings is 1. The highest BCUT2D eigenvalue weighted by atomic mass is 16.5. The second kappa shape index (κ2) is 8.72. The van der Waals surface area contributed by atoms with E-state index in [1.165, 1.54) is 14.2 Å². The number of nitrogens with zero attached hydrogens (tertiary/aromatic N) is 3. The molecule has 0 fully saturated rings. The number of aliphatic imine (C=N–C) groups is 1. The number of carbonyl (C=O) groups is 1. The Morgan fingerprint density at radius 2 is 2.00 bits per heavy atom. The number of hydrogen-bond donors (Lipinski definition) is 2. The van der Waals surface area contributed by atoms with E-state index in [9.17, 15) is 4.79 Å². The molecule has 8 nitrogen and oxygen atoms in total. The van der Waals surface area contributed by atoms with Gasteiger partial charge in [-0.05, 0) is 23.8 Å². The second-order valence-corrected chi connectivity index (χ2v) is 5.25. The van der Waals surface area contributed by atoms with Crippen molar-refractivity contribution in [2.24, 2.45) is 12.0 Å². The number of carbonyl (C=O) groups excluding carboxylic acids is 1. The van der Waals surface area contributed by atoms with Gasteiger partial charge in [-0.1, -0.05) is 6.07 Å². The van der Waals surface area contributed by atoms with Crippen LogP contribution in [0.4, 0.5) is 0 Å². The number of aromatic nitrogens is 2. The minimum Gasteiger partial charge on any atom is -0.496 e. The fourth-order valence-electron chi connectivity index (χ4n) is 2.29. The first kappa shape index (κ1) is 18.3. The molecular weight excluding hydrogens is 322 g/mol. The number of guanidine groups is 1. The van der Waals surface area contributed by atoms with Crippen LogP contribution in [-0.2, 0) is 24.9 Å². The molecule has 2 aromatic rings. The quantitative estimate of drug-likeness (QED) is 0.463. The smallest absolute Gasteiger partial charge is 0.341 e. The molecule has 1 aromatic carbocycles. The topological polar surface area (TPSA) is 89.8 Å².